The van der Waals surface area contributed by atoms with Crippen molar-refractivity contribution in [3.8, 4) is 0 Å². The van der Waals surface area contributed by atoms with Gasteiger partial charge in [0, 0.05) is 13.1 Å². The molecule has 22 heavy (non-hydrogen) atoms. The van der Waals surface area contributed by atoms with Crippen LogP contribution in [0.1, 0.15) is 32.8 Å². The van der Waals surface area contributed by atoms with Gasteiger partial charge in [-0.1, -0.05) is 0 Å². The number of thiophene rings is 1. The van der Waals surface area contributed by atoms with E-state index in [1.165, 1.54) is 0 Å². The molecule has 0 bridgehead atoms. The quantitative estimate of drug-likeness (QED) is 0.826. The van der Waals surface area contributed by atoms with Crippen molar-refractivity contribution in [2.45, 2.75) is 39.7 Å². The van der Waals surface area contributed by atoms with E-state index >= 15 is 0 Å². The summed E-state index contributed by atoms with van der Waals surface area (Å²) in [4.78, 5) is 20.1. The van der Waals surface area contributed by atoms with Gasteiger partial charge in [-0.3, -0.25) is 0 Å². The first kappa shape index (κ1) is 16.5. The minimum Gasteiger partial charge on any atom is -0.444 e. The van der Waals surface area contributed by atoms with Gasteiger partial charge in [0.05, 0.1) is 10.2 Å². The normalized spacial score (nSPS) is 11.5. The smallest absolute Gasteiger partial charge is 0.407 e. The summed E-state index contributed by atoms with van der Waals surface area (Å²) in [7, 11) is 0. The van der Waals surface area contributed by atoms with Crippen molar-refractivity contribution in [2.75, 3.05) is 18.4 Å². The molecule has 0 aliphatic heterocycles. The molecule has 0 aliphatic rings. The van der Waals surface area contributed by atoms with E-state index in [1.807, 2.05) is 27.7 Å². The van der Waals surface area contributed by atoms with Gasteiger partial charge in [-0.05, 0) is 45.1 Å². The van der Waals surface area contributed by atoms with E-state index in [1.54, 1.807) is 17.7 Å². The van der Waals surface area contributed by atoms with E-state index in [0.29, 0.717) is 6.54 Å². The third-order valence-corrected chi connectivity index (χ3v) is 3.94. The Bertz CT molecular complexity index is 649. The molecule has 0 saturated heterocycles. The van der Waals surface area contributed by atoms with Crippen LogP contribution in [0.25, 0.3) is 10.2 Å². The van der Waals surface area contributed by atoms with Gasteiger partial charge in [-0.25, -0.2) is 14.8 Å². The predicted octanol–water partition coefficient (Wildman–Crippen LogP) is 3.33. The molecule has 2 heterocycles. The molecule has 6 nitrogen and oxygen atoms in total. The molecule has 0 atom stereocenters. The maximum Gasteiger partial charge on any atom is 0.407 e. The molecule has 0 unspecified atom stereocenters. The number of carbonyl (C=O) groups is 1. The highest BCUT2D eigenvalue weighted by Gasteiger charge is 2.15. The average Bonchev–Trinajstić information content (AvgIpc) is 2.79. The molecule has 0 fully saturated rings. The highest BCUT2D eigenvalue weighted by atomic mass is 32.1. The molecule has 0 saturated carbocycles. The minimum absolute atomic E-state index is 0.384. The van der Waals surface area contributed by atoms with Crippen LogP contribution in [0.5, 0.6) is 0 Å². The highest BCUT2D eigenvalue weighted by Crippen LogP contribution is 2.28. The Hall–Kier alpha value is -1.89. The van der Waals surface area contributed by atoms with E-state index in [-0.39, 0.29) is 6.09 Å². The SMILES string of the molecule is Cc1csc2c(NCCCNC(=O)OC(C)(C)C)ncnc12. The lowest BCUT2D eigenvalue weighted by Gasteiger charge is -2.19. The van der Waals surface area contributed by atoms with Crippen LogP contribution in [-0.2, 0) is 4.74 Å². The molecule has 2 aromatic heterocycles. The van der Waals surface area contributed by atoms with E-state index in [9.17, 15) is 4.79 Å². The number of anilines is 1. The Morgan fingerprint density at radius 2 is 2.09 bits per heavy atom. The van der Waals surface area contributed by atoms with E-state index < -0.39 is 5.60 Å². The topological polar surface area (TPSA) is 76.1 Å². The zero-order valence-corrected chi connectivity index (χ0v) is 14.2. The summed E-state index contributed by atoms with van der Waals surface area (Å²) >= 11 is 1.64. The van der Waals surface area contributed by atoms with Gasteiger partial charge in [0.25, 0.3) is 0 Å². The molecule has 0 aliphatic carbocycles. The molecule has 0 radical (unpaired) electrons. The summed E-state index contributed by atoms with van der Waals surface area (Å²) in [5.74, 6) is 0.848. The van der Waals surface area contributed by atoms with Crippen LogP contribution in [0.2, 0.25) is 0 Å². The molecule has 120 valence electrons. The van der Waals surface area contributed by atoms with Crippen molar-refractivity contribution in [1.29, 1.82) is 0 Å². The van der Waals surface area contributed by atoms with Crippen LogP contribution in [0.15, 0.2) is 11.7 Å². The van der Waals surface area contributed by atoms with Crippen LogP contribution >= 0.6 is 11.3 Å². The minimum atomic E-state index is -0.466. The van der Waals surface area contributed by atoms with Crippen LogP contribution < -0.4 is 10.6 Å². The lowest BCUT2D eigenvalue weighted by atomic mass is 10.2. The molecule has 7 heteroatoms. The predicted molar refractivity (Wildman–Crippen MR) is 89.5 cm³/mol. The molecule has 0 spiro atoms. The highest BCUT2D eigenvalue weighted by molar-refractivity contribution is 7.18. The number of carbonyl (C=O) groups excluding carboxylic acids is 1. The second-order valence-corrected chi connectivity index (χ2v) is 6.91. The molecule has 1 amide bonds. The van der Waals surface area contributed by atoms with Crippen molar-refractivity contribution in [3.63, 3.8) is 0 Å². The lowest BCUT2D eigenvalue weighted by Crippen LogP contribution is -2.33. The number of alkyl carbamates (subject to hydrolysis) is 1. The summed E-state index contributed by atoms with van der Waals surface area (Å²) in [6, 6.07) is 0. The van der Waals surface area contributed by atoms with Gasteiger partial charge < -0.3 is 15.4 Å². The maximum atomic E-state index is 11.5. The number of nitrogens with zero attached hydrogens (tertiary/aromatic N) is 2. The number of nitrogens with one attached hydrogen (secondary N) is 2. The Labute approximate surface area is 134 Å². The summed E-state index contributed by atoms with van der Waals surface area (Å²) in [5.41, 5.74) is 1.69. The van der Waals surface area contributed by atoms with Crippen molar-refractivity contribution in [3.05, 3.63) is 17.3 Å². The van der Waals surface area contributed by atoms with Crippen molar-refractivity contribution in [2.24, 2.45) is 0 Å². The maximum absolute atomic E-state index is 11.5. The largest absolute Gasteiger partial charge is 0.444 e. The van der Waals surface area contributed by atoms with Gasteiger partial charge >= 0.3 is 6.09 Å². The standard InChI is InChI=1S/C15H22N4O2S/c1-10-8-22-12-11(10)18-9-19-13(12)16-6-5-7-17-14(20)21-15(2,3)4/h8-9H,5-7H2,1-4H3,(H,17,20)(H,16,18,19). The fourth-order valence-corrected chi connectivity index (χ4v) is 2.86. The first-order chi connectivity index (χ1) is 10.4. The van der Waals surface area contributed by atoms with Crippen LogP contribution in [0, 0.1) is 6.92 Å². The summed E-state index contributed by atoms with van der Waals surface area (Å²) in [6.07, 6.45) is 1.98. The van der Waals surface area contributed by atoms with E-state index in [0.717, 1.165) is 34.6 Å². The average molecular weight is 322 g/mol. The van der Waals surface area contributed by atoms with Gasteiger partial charge in [-0.2, -0.15) is 0 Å². The van der Waals surface area contributed by atoms with Crippen LogP contribution in [-0.4, -0.2) is 34.8 Å². The van der Waals surface area contributed by atoms with Gasteiger partial charge in [-0.15, -0.1) is 11.3 Å². The third-order valence-electron chi connectivity index (χ3n) is 2.85. The first-order valence-corrected chi connectivity index (χ1v) is 8.14. The van der Waals surface area contributed by atoms with Gasteiger partial charge in [0.1, 0.15) is 17.7 Å². The fourth-order valence-electron chi connectivity index (χ4n) is 1.90. The van der Waals surface area contributed by atoms with Crippen molar-refractivity contribution >= 4 is 33.5 Å². The van der Waals surface area contributed by atoms with Gasteiger partial charge in [0.2, 0.25) is 0 Å². The Morgan fingerprint density at radius 3 is 2.82 bits per heavy atom. The Balaban J connectivity index is 1.76. The number of ether oxygens (including phenoxy) is 1. The molecule has 2 aromatic rings. The second kappa shape index (κ2) is 6.91. The van der Waals surface area contributed by atoms with Crippen molar-refractivity contribution in [1.82, 2.24) is 15.3 Å². The number of hydrogen-bond donors (Lipinski definition) is 2. The number of fused-ring (bicyclic) bond motifs is 1. The zero-order chi connectivity index (χ0) is 16.2. The molecular weight excluding hydrogens is 300 g/mol. The zero-order valence-electron chi connectivity index (χ0n) is 13.4. The van der Waals surface area contributed by atoms with Crippen LogP contribution in [0.3, 0.4) is 0 Å². The molecular formula is C15H22N4O2S. The van der Waals surface area contributed by atoms with E-state index in [4.69, 9.17) is 4.74 Å². The second-order valence-electron chi connectivity index (χ2n) is 6.03. The molecule has 2 rings (SSSR count). The summed E-state index contributed by atoms with van der Waals surface area (Å²) in [5, 5.41) is 8.10. The number of hydrogen-bond acceptors (Lipinski definition) is 6. The first-order valence-electron chi connectivity index (χ1n) is 7.26. The van der Waals surface area contributed by atoms with E-state index in [2.05, 4.69) is 26.0 Å². The number of aromatic nitrogens is 2. The molecule has 0 aromatic carbocycles. The fraction of sp³-hybridized carbons (Fsp3) is 0.533. The van der Waals surface area contributed by atoms with Gasteiger partial charge in [0.15, 0.2) is 0 Å². The van der Waals surface area contributed by atoms with Crippen molar-refractivity contribution < 1.29 is 9.53 Å². The third kappa shape index (κ3) is 4.56. The lowest BCUT2D eigenvalue weighted by molar-refractivity contribution is 0.0528. The Morgan fingerprint density at radius 1 is 1.32 bits per heavy atom. The number of aryl methyl sites for hydroxylation is 1. The monoisotopic (exact) mass is 322 g/mol. The number of amides is 1. The summed E-state index contributed by atoms with van der Waals surface area (Å²) in [6.45, 7) is 8.85. The molecule has 2 N–H and O–H groups in total. The summed E-state index contributed by atoms with van der Waals surface area (Å²) < 4.78 is 6.24. The Kier molecular flexibility index (Phi) is 5.18. The number of rotatable bonds is 5. The van der Waals surface area contributed by atoms with Crippen LogP contribution in [0.4, 0.5) is 10.6 Å².